The molecule has 1 saturated heterocycles. The monoisotopic (exact) mass is 496 g/mol. The van der Waals surface area contributed by atoms with Crippen LogP contribution in [-0.2, 0) is 17.9 Å². The van der Waals surface area contributed by atoms with Gasteiger partial charge in [-0.05, 0) is 73.5 Å². The van der Waals surface area contributed by atoms with Crippen LogP contribution in [0.1, 0.15) is 24.0 Å². The number of anilines is 1. The number of hydrogen-bond donors (Lipinski definition) is 1. The lowest BCUT2D eigenvalue weighted by Crippen LogP contribution is -2.24. The molecule has 1 aliphatic rings. The molecule has 1 fully saturated rings. The Morgan fingerprint density at radius 2 is 1.84 bits per heavy atom. The van der Waals surface area contributed by atoms with Crippen LogP contribution in [0.3, 0.4) is 0 Å². The SMILES string of the molecule is COc1cc(C=CC(=O)Nc2ccc3cnn(CCN4CCCC4)c3c2)ccc1OCc1ccccc1. The minimum absolute atomic E-state index is 0.203. The number of nitrogens with one attached hydrogen (secondary N) is 1. The maximum absolute atomic E-state index is 12.6. The van der Waals surface area contributed by atoms with Gasteiger partial charge in [0.1, 0.15) is 6.61 Å². The van der Waals surface area contributed by atoms with Gasteiger partial charge in [-0.25, -0.2) is 0 Å². The third-order valence-corrected chi connectivity index (χ3v) is 6.59. The molecule has 5 rings (SSSR count). The van der Waals surface area contributed by atoms with Crippen LogP contribution in [0.4, 0.5) is 5.69 Å². The van der Waals surface area contributed by atoms with Crippen molar-refractivity contribution in [3.05, 3.63) is 90.1 Å². The first-order valence-electron chi connectivity index (χ1n) is 12.7. The highest BCUT2D eigenvalue weighted by atomic mass is 16.5. The van der Waals surface area contributed by atoms with Gasteiger partial charge in [-0.1, -0.05) is 36.4 Å². The summed E-state index contributed by atoms with van der Waals surface area (Å²) in [5.74, 6) is 1.07. The van der Waals surface area contributed by atoms with Crippen LogP contribution in [-0.4, -0.2) is 47.3 Å². The van der Waals surface area contributed by atoms with Crippen LogP contribution in [0.15, 0.2) is 79.0 Å². The Bertz CT molecular complexity index is 1370. The Hall–Kier alpha value is -4.10. The summed E-state index contributed by atoms with van der Waals surface area (Å²) in [4.78, 5) is 15.1. The lowest BCUT2D eigenvalue weighted by Gasteiger charge is -2.14. The molecule has 1 amide bonds. The molecule has 4 aromatic rings. The number of amides is 1. The lowest BCUT2D eigenvalue weighted by molar-refractivity contribution is -0.111. The highest BCUT2D eigenvalue weighted by Gasteiger charge is 2.12. The molecule has 0 aliphatic carbocycles. The molecule has 7 heteroatoms. The van der Waals surface area contributed by atoms with Gasteiger partial charge in [0.05, 0.1) is 25.4 Å². The second-order valence-electron chi connectivity index (χ2n) is 9.20. The summed E-state index contributed by atoms with van der Waals surface area (Å²) < 4.78 is 13.4. The van der Waals surface area contributed by atoms with Gasteiger partial charge in [0.2, 0.25) is 5.91 Å². The molecular formula is C30H32N4O3. The van der Waals surface area contributed by atoms with Gasteiger partial charge in [-0.15, -0.1) is 0 Å². The number of likely N-dealkylation sites (tertiary alicyclic amines) is 1. The maximum atomic E-state index is 12.6. The van der Waals surface area contributed by atoms with Crippen LogP contribution in [0.2, 0.25) is 0 Å². The summed E-state index contributed by atoms with van der Waals surface area (Å²) in [7, 11) is 1.61. The van der Waals surface area contributed by atoms with Gasteiger partial charge in [-0.2, -0.15) is 5.10 Å². The molecule has 190 valence electrons. The van der Waals surface area contributed by atoms with Gasteiger partial charge in [0.25, 0.3) is 0 Å². The predicted molar refractivity (Wildman–Crippen MR) is 147 cm³/mol. The Balaban J connectivity index is 1.20. The summed E-state index contributed by atoms with van der Waals surface area (Å²) in [6.07, 6.45) is 7.72. The third kappa shape index (κ3) is 6.37. The van der Waals surface area contributed by atoms with Crippen molar-refractivity contribution >= 4 is 28.6 Å². The van der Waals surface area contributed by atoms with E-state index in [0.717, 1.165) is 40.8 Å². The second-order valence-corrected chi connectivity index (χ2v) is 9.20. The smallest absolute Gasteiger partial charge is 0.248 e. The topological polar surface area (TPSA) is 68.6 Å². The Morgan fingerprint density at radius 3 is 2.65 bits per heavy atom. The average Bonchev–Trinajstić information content (AvgIpc) is 3.60. The number of fused-ring (bicyclic) bond motifs is 1. The summed E-state index contributed by atoms with van der Waals surface area (Å²) in [6.45, 7) is 4.63. The normalized spacial score (nSPS) is 13.9. The molecule has 1 aromatic heterocycles. The second kappa shape index (κ2) is 11.8. The molecule has 0 unspecified atom stereocenters. The maximum Gasteiger partial charge on any atom is 0.248 e. The Morgan fingerprint density at radius 1 is 1.00 bits per heavy atom. The van der Waals surface area contributed by atoms with Crippen molar-refractivity contribution in [3.8, 4) is 11.5 Å². The summed E-state index contributed by atoms with van der Waals surface area (Å²) in [5, 5.41) is 8.58. The number of ether oxygens (including phenoxy) is 2. The van der Waals surface area contributed by atoms with Gasteiger partial charge in [0.15, 0.2) is 11.5 Å². The third-order valence-electron chi connectivity index (χ3n) is 6.59. The van der Waals surface area contributed by atoms with Crippen molar-refractivity contribution in [2.75, 3.05) is 32.1 Å². The molecule has 0 radical (unpaired) electrons. The van der Waals surface area contributed by atoms with Gasteiger partial charge >= 0.3 is 0 Å². The van der Waals surface area contributed by atoms with E-state index in [1.54, 1.807) is 13.2 Å². The average molecular weight is 497 g/mol. The van der Waals surface area contributed by atoms with Gasteiger partial charge in [0, 0.05) is 23.7 Å². The number of carbonyl (C=O) groups excluding carboxylic acids is 1. The fourth-order valence-electron chi connectivity index (χ4n) is 4.57. The highest BCUT2D eigenvalue weighted by Crippen LogP contribution is 2.29. The highest BCUT2D eigenvalue weighted by molar-refractivity contribution is 6.02. The van der Waals surface area contributed by atoms with Gasteiger partial charge < -0.3 is 19.7 Å². The zero-order valence-corrected chi connectivity index (χ0v) is 21.1. The zero-order chi connectivity index (χ0) is 25.5. The number of benzene rings is 3. The van der Waals surface area contributed by atoms with E-state index in [4.69, 9.17) is 9.47 Å². The molecule has 0 saturated carbocycles. The lowest BCUT2D eigenvalue weighted by atomic mass is 10.2. The molecular weight excluding hydrogens is 464 g/mol. The zero-order valence-electron chi connectivity index (χ0n) is 21.1. The van der Waals surface area contributed by atoms with Crippen LogP contribution < -0.4 is 14.8 Å². The standard InChI is InChI=1S/C30H32N4O3/c1-36-29-19-23(9-13-28(29)37-22-24-7-3-2-4-8-24)10-14-30(35)32-26-12-11-25-21-31-34(27(25)20-26)18-17-33-15-5-6-16-33/h2-4,7-14,19-21H,5-6,15-18,22H2,1H3,(H,32,35). The van der Waals surface area contributed by atoms with Crippen molar-refractivity contribution in [3.63, 3.8) is 0 Å². The molecule has 0 atom stereocenters. The summed E-state index contributed by atoms with van der Waals surface area (Å²) >= 11 is 0. The van der Waals surface area contributed by atoms with E-state index in [9.17, 15) is 4.79 Å². The Labute approximate surface area is 217 Å². The van der Waals surface area contributed by atoms with Crippen molar-refractivity contribution < 1.29 is 14.3 Å². The molecule has 7 nitrogen and oxygen atoms in total. The first-order valence-corrected chi connectivity index (χ1v) is 12.7. The molecule has 1 N–H and O–H groups in total. The Kier molecular flexibility index (Phi) is 7.81. The molecule has 0 bridgehead atoms. The van der Waals surface area contributed by atoms with E-state index in [0.29, 0.717) is 18.1 Å². The van der Waals surface area contributed by atoms with Crippen molar-refractivity contribution in [2.45, 2.75) is 26.0 Å². The molecule has 0 spiro atoms. The largest absolute Gasteiger partial charge is 0.493 e. The van der Waals surface area contributed by atoms with Crippen LogP contribution in [0.5, 0.6) is 11.5 Å². The van der Waals surface area contributed by atoms with Gasteiger partial charge in [-0.3, -0.25) is 9.48 Å². The fraction of sp³-hybridized carbons (Fsp3) is 0.267. The molecule has 37 heavy (non-hydrogen) atoms. The first-order chi connectivity index (χ1) is 18.2. The fourth-order valence-corrected chi connectivity index (χ4v) is 4.57. The summed E-state index contributed by atoms with van der Waals surface area (Å²) in [6, 6.07) is 21.5. The molecule has 2 heterocycles. The number of hydrogen-bond acceptors (Lipinski definition) is 5. The van der Waals surface area contributed by atoms with Crippen LogP contribution in [0.25, 0.3) is 17.0 Å². The number of nitrogens with zero attached hydrogens (tertiary/aromatic N) is 3. The quantitative estimate of drug-likeness (QED) is 0.299. The first kappa shape index (κ1) is 24.6. The minimum Gasteiger partial charge on any atom is -0.493 e. The van der Waals surface area contributed by atoms with E-state index in [2.05, 4.69) is 15.3 Å². The van der Waals surface area contributed by atoms with E-state index in [1.165, 1.54) is 32.0 Å². The van der Waals surface area contributed by atoms with Crippen molar-refractivity contribution in [1.82, 2.24) is 14.7 Å². The van der Waals surface area contributed by atoms with E-state index < -0.39 is 0 Å². The van der Waals surface area contributed by atoms with Crippen LogP contribution in [0, 0.1) is 0 Å². The predicted octanol–water partition coefficient (Wildman–Crippen LogP) is 5.37. The molecule has 3 aromatic carbocycles. The van der Waals surface area contributed by atoms with Crippen molar-refractivity contribution in [2.24, 2.45) is 0 Å². The van der Waals surface area contributed by atoms with E-state index in [-0.39, 0.29) is 5.91 Å². The minimum atomic E-state index is -0.203. The van der Waals surface area contributed by atoms with Crippen LogP contribution >= 0.6 is 0 Å². The number of rotatable bonds is 10. The van der Waals surface area contributed by atoms with E-state index in [1.807, 2.05) is 77.6 Å². The summed E-state index contributed by atoms with van der Waals surface area (Å²) in [5.41, 5.74) is 3.69. The van der Waals surface area contributed by atoms with Crippen molar-refractivity contribution in [1.29, 1.82) is 0 Å². The number of aromatic nitrogens is 2. The number of methoxy groups -OCH3 is 1. The number of carbonyl (C=O) groups is 1. The van der Waals surface area contributed by atoms with E-state index >= 15 is 0 Å². The molecule has 1 aliphatic heterocycles.